The predicted octanol–water partition coefficient (Wildman–Crippen LogP) is 2.89. The maximum absolute atomic E-state index is 10.8. The van der Waals surface area contributed by atoms with Crippen molar-refractivity contribution in [2.75, 3.05) is 7.11 Å². The normalized spacial score (nSPS) is 10.9. The lowest BCUT2D eigenvalue weighted by Gasteiger charge is -2.07. The van der Waals surface area contributed by atoms with Crippen LogP contribution in [0.15, 0.2) is 60.7 Å². The molecule has 0 saturated heterocycles. The van der Waals surface area contributed by atoms with Gasteiger partial charge in [0.05, 0.1) is 7.11 Å². The fraction of sp³-hybridized carbons (Fsp3) is 0.188. The number of esters is 1. The lowest BCUT2D eigenvalue weighted by Crippen LogP contribution is -2.13. The number of methoxy groups -OCH3 is 1. The molecule has 1 atom stereocenters. The van der Waals surface area contributed by atoms with Crippen LogP contribution in [0, 0.1) is 6.92 Å². The number of aliphatic hydroxyl groups is 1. The third-order valence-corrected chi connectivity index (χ3v) is 2.48. The molecule has 0 radical (unpaired) electrons. The summed E-state index contributed by atoms with van der Waals surface area (Å²) < 4.78 is 4.38. The van der Waals surface area contributed by atoms with E-state index in [1.165, 1.54) is 12.7 Å². The standard InChI is InChI=1S/C9H10O3.C7H8/c1-12-9(11)8(10)7-5-3-2-4-6-7;1-7-5-3-2-4-6-7/h2-6,8,10H,1H3;2-6H,1H3. The van der Waals surface area contributed by atoms with Gasteiger partial charge >= 0.3 is 5.97 Å². The van der Waals surface area contributed by atoms with Gasteiger partial charge in [0.1, 0.15) is 0 Å². The molecule has 0 fully saturated rings. The molecule has 0 heterocycles. The largest absolute Gasteiger partial charge is 0.467 e. The minimum Gasteiger partial charge on any atom is -0.467 e. The summed E-state index contributed by atoms with van der Waals surface area (Å²) in [6, 6.07) is 18.9. The first-order chi connectivity index (χ1) is 9.15. The van der Waals surface area contributed by atoms with E-state index in [2.05, 4.69) is 23.8 Å². The molecule has 2 aromatic rings. The quantitative estimate of drug-likeness (QED) is 0.842. The Morgan fingerprint density at radius 2 is 1.47 bits per heavy atom. The van der Waals surface area contributed by atoms with Crippen LogP contribution in [0.3, 0.4) is 0 Å². The highest BCUT2D eigenvalue weighted by atomic mass is 16.5. The first-order valence-corrected chi connectivity index (χ1v) is 5.97. The van der Waals surface area contributed by atoms with E-state index in [1.54, 1.807) is 24.3 Å². The van der Waals surface area contributed by atoms with Crippen molar-refractivity contribution >= 4 is 5.97 Å². The van der Waals surface area contributed by atoms with Gasteiger partial charge in [-0.3, -0.25) is 0 Å². The fourth-order valence-corrected chi connectivity index (χ4v) is 1.42. The van der Waals surface area contributed by atoms with Crippen molar-refractivity contribution in [3.8, 4) is 0 Å². The number of hydrogen-bond acceptors (Lipinski definition) is 3. The second-order valence-corrected chi connectivity index (χ2v) is 3.99. The van der Waals surface area contributed by atoms with E-state index in [1.807, 2.05) is 24.3 Å². The zero-order valence-electron chi connectivity index (χ0n) is 11.1. The van der Waals surface area contributed by atoms with E-state index in [-0.39, 0.29) is 0 Å². The summed E-state index contributed by atoms with van der Waals surface area (Å²) >= 11 is 0. The molecule has 3 heteroatoms. The van der Waals surface area contributed by atoms with Crippen LogP contribution in [0.2, 0.25) is 0 Å². The Morgan fingerprint density at radius 3 is 1.84 bits per heavy atom. The van der Waals surface area contributed by atoms with Crippen molar-refractivity contribution in [2.24, 2.45) is 0 Å². The third-order valence-electron chi connectivity index (χ3n) is 2.48. The highest BCUT2D eigenvalue weighted by Crippen LogP contribution is 2.12. The first kappa shape index (κ1) is 14.9. The predicted molar refractivity (Wildman–Crippen MR) is 74.6 cm³/mol. The van der Waals surface area contributed by atoms with Crippen molar-refractivity contribution in [1.82, 2.24) is 0 Å². The average Bonchev–Trinajstić information content (AvgIpc) is 2.48. The SMILES string of the molecule is COC(=O)C(O)c1ccccc1.Cc1ccccc1. The number of carbonyl (C=O) groups excluding carboxylic acids is 1. The molecular weight excluding hydrogens is 240 g/mol. The number of ether oxygens (including phenoxy) is 1. The van der Waals surface area contributed by atoms with Crippen LogP contribution in [0.4, 0.5) is 0 Å². The van der Waals surface area contributed by atoms with E-state index in [4.69, 9.17) is 0 Å². The second kappa shape index (κ2) is 8.06. The van der Waals surface area contributed by atoms with Crippen LogP contribution in [0.25, 0.3) is 0 Å². The van der Waals surface area contributed by atoms with Crippen molar-refractivity contribution in [3.63, 3.8) is 0 Å². The summed E-state index contributed by atoms with van der Waals surface area (Å²) in [5, 5.41) is 9.31. The highest BCUT2D eigenvalue weighted by molar-refractivity contribution is 5.75. The van der Waals surface area contributed by atoms with Crippen LogP contribution in [-0.4, -0.2) is 18.2 Å². The van der Waals surface area contributed by atoms with Gasteiger partial charge in [-0.2, -0.15) is 0 Å². The molecule has 1 unspecified atom stereocenters. The molecule has 0 aliphatic heterocycles. The molecule has 1 N–H and O–H groups in total. The van der Waals surface area contributed by atoms with Crippen LogP contribution in [-0.2, 0) is 9.53 Å². The molecule has 3 nitrogen and oxygen atoms in total. The molecule has 0 aliphatic rings. The van der Waals surface area contributed by atoms with Crippen molar-refractivity contribution < 1.29 is 14.6 Å². The van der Waals surface area contributed by atoms with E-state index < -0.39 is 12.1 Å². The minimum atomic E-state index is -1.17. The molecule has 19 heavy (non-hydrogen) atoms. The van der Waals surface area contributed by atoms with E-state index in [0.717, 1.165) is 0 Å². The first-order valence-electron chi connectivity index (χ1n) is 5.97. The number of aliphatic hydroxyl groups excluding tert-OH is 1. The average molecular weight is 258 g/mol. The van der Waals surface area contributed by atoms with Crippen molar-refractivity contribution in [1.29, 1.82) is 0 Å². The summed E-state index contributed by atoms with van der Waals surface area (Å²) in [5.41, 5.74) is 1.87. The van der Waals surface area contributed by atoms with Crippen LogP contribution < -0.4 is 0 Å². The molecular formula is C16H18O3. The zero-order chi connectivity index (χ0) is 14.1. The Labute approximate surface area is 113 Å². The summed E-state index contributed by atoms with van der Waals surface area (Å²) in [6.45, 7) is 2.08. The number of aryl methyl sites for hydroxylation is 1. The summed E-state index contributed by atoms with van der Waals surface area (Å²) in [6.07, 6.45) is -1.17. The molecule has 0 aliphatic carbocycles. The summed E-state index contributed by atoms with van der Waals surface area (Å²) in [7, 11) is 1.24. The molecule has 2 rings (SSSR count). The lowest BCUT2D eigenvalue weighted by atomic mass is 10.1. The molecule has 0 bridgehead atoms. The van der Waals surface area contributed by atoms with Gasteiger partial charge in [0, 0.05) is 0 Å². The Balaban J connectivity index is 0.000000218. The van der Waals surface area contributed by atoms with Gasteiger partial charge in [-0.15, -0.1) is 0 Å². The topological polar surface area (TPSA) is 46.5 Å². The Morgan fingerprint density at radius 1 is 1.00 bits per heavy atom. The van der Waals surface area contributed by atoms with Crippen molar-refractivity contribution in [3.05, 3.63) is 71.8 Å². The van der Waals surface area contributed by atoms with Crippen LogP contribution in [0.1, 0.15) is 17.2 Å². The monoisotopic (exact) mass is 258 g/mol. The fourth-order valence-electron chi connectivity index (χ4n) is 1.42. The van der Waals surface area contributed by atoms with Gasteiger partial charge in [0.25, 0.3) is 0 Å². The van der Waals surface area contributed by atoms with Crippen LogP contribution in [0.5, 0.6) is 0 Å². The van der Waals surface area contributed by atoms with Gasteiger partial charge < -0.3 is 9.84 Å². The third kappa shape index (κ3) is 5.36. The highest BCUT2D eigenvalue weighted by Gasteiger charge is 2.16. The number of hydrogen-bond donors (Lipinski definition) is 1. The van der Waals surface area contributed by atoms with Gasteiger partial charge in [-0.1, -0.05) is 66.2 Å². The molecule has 0 spiro atoms. The molecule has 0 amide bonds. The van der Waals surface area contributed by atoms with E-state index in [9.17, 15) is 9.90 Å². The maximum Gasteiger partial charge on any atom is 0.339 e. The summed E-state index contributed by atoms with van der Waals surface area (Å²) in [4.78, 5) is 10.8. The number of carbonyl (C=O) groups is 1. The Hall–Kier alpha value is -2.13. The molecule has 0 saturated carbocycles. The van der Waals surface area contributed by atoms with Gasteiger partial charge in [-0.05, 0) is 12.5 Å². The maximum atomic E-state index is 10.8. The minimum absolute atomic E-state index is 0.546. The number of rotatable bonds is 2. The summed E-state index contributed by atoms with van der Waals surface area (Å²) in [5.74, 6) is -0.638. The van der Waals surface area contributed by atoms with Crippen molar-refractivity contribution in [2.45, 2.75) is 13.0 Å². The smallest absolute Gasteiger partial charge is 0.339 e. The van der Waals surface area contributed by atoms with Crippen LogP contribution >= 0.6 is 0 Å². The Bertz CT molecular complexity index is 480. The zero-order valence-corrected chi connectivity index (χ0v) is 11.1. The second-order valence-electron chi connectivity index (χ2n) is 3.99. The lowest BCUT2D eigenvalue weighted by molar-refractivity contribution is -0.150. The van der Waals surface area contributed by atoms with E-state index >= 15 is 0 Å². The molecule has 100 valence electrons. The Kier molecular flexibility index (Phi) is 6.33. The van der Waals surface area contributed by atoms with Gasteiger partial charge in [0.2, 0.25) is 0 Å². The molecule has 0 aromatic heterocycles. The number of benzene rings is 2. The molecule has 2 aromatic carbocycles. The van der Waals surface area contributed by atoms with Gasteiger partial charge in [0.15, 0.2) is 6.10 Å². The van der Waals surface area contributed by atoms with Gasteiger partial charge in [-0.25, -0.2) is 4.79 Å². The van der Waals surface area contributed by atoms with E-state index in [0.29, 0.717) is 5.56 Å².